The highest BCUT2D eigenvalue weighted by Crippen LogP contribution is 2.34. The van der Waals surface area contributed by atoms with Gasteiger partial charge in [-0.3, -0.25) is 9.59 Å². The van der Waals surface area contributed by atoms with Crippen molar-refractivity contribution in [2.45, 2.75) is 39.3 Å². The van der Waals surface area contributed by atoms with Gasteiger partial charge in [0.2, 0.25) is 18.6 Å². The molecule has 0 unspecified atom stereocenters. The molecule has 0 fully saturated rings. The minimum atomic E-state index is -0.774. The second kappa shape index (κ2) is 10.6. The molecule has 4 aromatic rings. The van der Waals surface area contributed by atoms with Crippen molar-refractivity contribution in [3.05, 3.63) is 88.6 Å². The summed E-state index contributed by atoms with van der Waals surface area (Å²) in [6.07, 6.45) is 0.489. The molecule has 0 saturated carbocycles. The summed E-state index contributed by atoms with van der Waals surface area (Å²) in [5.74, 6) is 0.656. The number of ether oxygens (including phenoxy) is 2. The number of aryl methyl sites for hydroxylation is 1. The van der Waals surface area contributed by atoms with Gasteiger partial charge in [0, 0.05) is 35.8 Å². The first-order valence-electron chi connectivity index (χ1n) is 12.2. The molecule has 0 radical (unpaired) electrons. The third kappa shape index (κ3) is 5.13. The molecule has 5 rings (SSSR count). The number of rotatable bonds is 8. The van der Waals surface area contributed by atoms with E-state index in [1.54, 1.807) is 18.2 Å². The second-order valence-electron chi connectivity index (χ2n) is 8.99. The van der Waals surface area contributed by atoms with Crippen molar-refractivity contribution < 1.29 is 19.1 Å². The van der Waals surface area contributed by atoms with Crippen molar-refractivity contribution in [2.24, 2.45) is 0 Å². The first kappa shape index (κ1) is 24.7. The Bertz CT molecular complexity index is 1470. The smallest absolute Gasteiger partial charge is 0.247 e. The van der Waals surface area contributed by atoms with Gasteiger partial charge in [0.15, 0.2) is 11.5 Å². The van der Waals surface area contributed by atoms with E-state index in [-0.39, 0.29) is 25.0 Å². The predicted molar refractivity (Wildman–Crippen MR) is 144 cm³/mol. The maximum atomic E-state index is 13.4. The molecule has 2 heterocycles. The molecule has 190 valence electrons. The second-order valence-corrected chi connectivity index (χ2v) is 9.40. The summed E-state index contributed by atoms with van der Waals surface area (Å²) in [6, 6.07) is 19.8. The number of carbonyl (C=O) groups excluding carboxylic acids is 2. The number of halogens is 1. The number of benzene rings is 3. The number of nitrogens with one attached hydrogen (secondary N) is 2. The normalized spacial score (nSPS) is 12.9. The Hall–Kier alpha value is -3.97. The summed E-state index contributed by atoms with van der Waals surface area (Å²) in [4.78, 5) is 26.7. The zero-order valence-electron chi connectivity index (χ0n) is 20.7. The van der Waals surface area contributed by atoms with Crippen LogP contribution in [0.15, 0.2) is 66.7 Å². The molecule has 2 N–H and O–H groups in total. The lowest BCUT2D eigenvalue weighted by Gasteiger charge is -2.19. The molecule has 7 nitrogen and oxygen atoms in total. The molecule has 0 aliphatic carbocycles. The minimum Gasteiger partial charge on any atom is -0.454 e. The summed E-state index contributed by atoms with van der Waals surface area (Å²) in [7, 11) is 0. The number of fused-ring (bicyclic) bond motifs is 2. The molecule has 2 amide bonds. The fourth-order valence-corrected chi connectivity index (χ4v) is 5.12. The van der Waals surface area contributed by atoms with Crippen molar-refractivity contribution in [1.29, 1.82) is 0 Å². The molecule has 1 aromatic heterocycles. The van der Waals surface area contributed by atoms with E-state index in [0.717, 1.165) is 34.3 Å². The summed E-state index contributed by atoms with van der Waals surface area (Å²) >= 11 is 6.50. The van der Waals surface area contributed by atoms with E-state index in [4.69, 9.17) is 21.1 Å². The fourth-order valence-electron chi connectivity index (χ4n) is 4.85. The Morgan fingerprint density at radius 3 is 2.59 bits per heavy atom. The summed E-state index contributed by atoms with van der Waals surface area (Å²) in [5.41, 5.74) is 4.34. The van der Waals surface area contributed by atoms with Gasteiger partial charge in [-0.05, 0) is 43.2 Å². The lowest BCUT2D eigenvalue weighted by atomic mass is 10.0. The van der Waals surface area contributed by atoms with Crippen LogP contribution in [-0.2, 0) is 29.0 Å². The van der Waals surface area contributed by atoms with Crippen LogP contribution < -0.4 is 20.1 Å². The van der Waals surface area contributed by atoms with Gasteiger partial charge in [-0.2, -0.15) is 0 Å². The number of carbonyl (C=O) groups is 2. The third-order valence-electron chi connectivity index (χ3n) is 6.65. The van der Waals surface area contributed by atoms with Crippen LogP contribution in [0.5, 0.6) is 11.5 Å². The monoisotopic (exact) mass is 517 g/mol. The number of anilines is 1. The summed E-state index contributed by atoms with van der Waals surface area (Å²) in [5, 5.41) is 7.49. The van der Waals surface area contributed by atoms with Crippen LogP contribution in [0.3, 0.4) is 0 Å². The van der Waals surface area contributed by atoms with Crippen LogP contribution in [-0.4, -0.2) is 29.2 Å². The number of amides is 2. The quantitative estimate of drug-likeness (QED) is 0.334. The molecule has 37 heavy (non-hydrogen) atoms. The van der Waals surface area contributed by atoms with Gasteiger partial charge >= 0.3 is 0 Å². The van der Waals surface area contributed by atoms with Crippen LogP contribution in [0.2, 0.25) is 5.02 Å². The first-order chi connectivity index (χ1) is 17.9. The molecule has 1 atom stereocenters. The van der Waals surface area contributed by atoms with Crippen LogP contribution in [0, 0.1) is 6.92 Å². The molecule has 8 heteroatoms. The van der Waals surface area contributed by atoms with E-state index < -0.39 is 6.04 Å². The van der Waals surface area contributed by atoms with Crippen LogP contribution in [0.25, 0.3) is 10.9 Å². The summed E-state index contributed by atoms with van der Waals surface area (Å²) in [6.45, 7) is 4.94. The largest absolute Gasteiger partial charge is 0.454 e. The van der Waals surface area contributed by atoms with Crippen LogP contribution >= 0.6 is 11.6 Å². The lowest BCUT2D eigenvalue weighted by molar-refractivity contribution is -0.126. The molecular formula is C29H28ClN3O4. The van der Waals surface area contributed by atoms with Gasteiger partial charge < -0.3 is 24.7 Å². The van der Waals surface area contributed by atoms with Crippen molar-refractivity contribution in [1.82, 2.24) is 9.88 Å². The third-order valence-corrected chi connectivity index (χ3v) is 6.96. The highest BCUT2D eigenvalue weighted by atomic mass is 35.5. The Kier molecular flexibility index (Phi) is 7.06. The standard InChI is InChI=1S/C29H28ClN3O4/c1-3-33-18(2)22(21-10-7-11-23(30)28(21)33)16-27(34)32-24(14-19-8-5-4-6-9-19)29(35)31-20-12-13-25-26(15-20)37-17-36-25/h4-13,15,24H,3,14,16-17H2,1-2H3,(H,31,35)(H,32,34)/t24-/m0/s1. The van der Waals surface area contributed by atoms with Crippen molar-refractivity contribution >= 4 is 40.0 Å². The fraction of sp³-hybridized carbons (Fsp3) is 0.241. The van der Waals surface area contributed by atoms with Gasteiger partial charge in [0.05, 0.1) is 17.0 Å². The minimum absolute atomic E-state index is 0.137. The molecule has 1 aliphatic heterocycles. The van der Waals surface area contributed by atoms with E-state index in [2.05, 4.69) is 22.1 Å². The van der Waals surface area contributed by atoms with Gasteiger partial charge in [-0.25, -0.2) is 0 Å². The SMILES string of the molecule is CCn1c(C)c(CC(=O)N[C@@H](Cc2ccccc2)C(=O)Nc2ccc3c(c2)OCO3)c2cccc(Cl)c21. The van der Waals surface area contributed by atoms with E-state index >= 15 is 0 Å². The Labute approximate surface area is 220 Å². The average molecular weight is 518 g/mol. The maximum absolute atomic E-state index is 13.4. The molecule has 0 spiro atoms. The van der Waals surface area contributed by atoms with E-state index in [0.29, 0.717) is 28.6 Å². The van der Waals surface area contributed by atoms with Gasteiger partial charge in [-0.15, -0.1) is 0 Å². The van der Waals surface area contributed by atoms with E-state index in [1.807, 2.05) is 55.5 Å². The number of para-hydroxylation sites is 1. The van der Waals surface area contributed by atoms with Gasteiger partial charge in [0.1, 0.15) is 6.04 Å². The highest BCUT2D eigenvalue weighted by molar-refractivity contribution is 6.35. The maximum Gasteiger partial charge on any atom is 0.247 e. The zero-order chi connectivity index (χ0) is 25.9. The van der Waals surface area contributed by atoms with Crippen molar-refractivity contribution in [2.75, 3.05) is 12.1 Å². The zero-order valence-corrected chi connectivity index (χ0v) is 21.5. The molecular weight excluding hydrogens is 490 g/mol. The highest BCUT2D eigenvalue weighted by Gasteiger charge is 2.24. The molecule has 1 aliphatic rings. The number of hydrogen-bond donors (Lipinski definition) is 2. The molecule has 0 bridgehead atoms. The average Bonchev–Trinajstić information content (AvgIpc) is 3.47. The van der Waals surface area contributed by atoms with E-state index in [9.17, 15) is 9.59 Å². The van der Waals surface area contributed by atoms with Crippen molar-refractivity contribution in [3.8, 4) is 11.5 Å². The predicted octanol–water partition coefficient (Wildman–Crippen LogP) is 5.26. The van der Waals surface area contributed by atoms with Crippen molar-refractivity contribution in [3.63, 3.8) is 0 Å². The van der Waals surface area contributed by atoms with Crippen LogP contribution in [0.4, 0.5) is 5.69 Å². The Morgan fingerprint density at radius 1 is 1.03 bits per heavy atom. The number of hydrogen-bond acceptors (Lipinski definition) is 4. The number of aromatic nitrogens is 1. The van der Waals surface area contributed by atoms with Gasteiger partial charge in [0.25, 0.3) is 0 Å². The topological polar surface area (TPSA) is 81.6 Å². The van der Waals surface area contributed by atoms with Gasteiger partial charge in [-0.1, -0.05) is 54.1 Å². The Balaban J connectivity index is 1.38. The molecule has 3 aromatic carbocycles. The first-order valence-corrected chi connectivity index (χ1v) is 12.6. The number of nitrogens with zero attached hydrogens (tertiary/aromatic N) is 1. The van der Waals surface area contributed by atoms with E-state index in [1.165, 1.54) is 0 Å². The molecule has 0 saturated heterocycles. The Morgan fingerprint density at radius 2 is 1.81 bits per heavy atom. The van der Waals surface area contributed by atoms with Crippen LogP contribution in [0.1, 0.15) is 23.7 Å². The summed E-state index contributed by atoms with van der Waals surface area (Å²) < 4.78 is 12.9. The lowest BCUT2D eigenvalue weighted by Crippen LogP contribution is -2.45.